The first-order valence-corrected chi connectivity index (χ1v) is 7.86. The Balaban J connectivity index is 1.71. The summed E-state index contributed by atoms with van der Waals surface area (Å²) in [6, 6.07) is 13.7. The highest BCUT2D eigenvalue weighted by Gasteiger charge is 2.44. The molecule has 5 unspecified atom stereocenters. The molecule has 1 saturated heterocycles. The van der Waals surface area contributed by atoms with Gasteiger partial charge in [0.2, 0.25) is 6.29 Å². The molecule has 1 fully saturated rings. The summed E-state index contributed by atoms with van der Waals surface area (Å²) in [4.78, 5) is 0. The highest BCUT2D eigenvalue weighted by atomic mass is 16.7. The van der Waals surface area contributed by atoms with Crippen LogP contribution in [0.1, 0.15) is 0 Å². The predicted molar refractivity (Wildman–Crippen MR) is 87.9 cm³/mol. The smallest absolute Gasteiger partial charge is 0.229 e. The molecule has 134 valence electrons. The first-order chi connectivity index (χ1) is 12.0. The van der Waals surface area contributed by atoms with E-state index in [2.05, 4.69) is 0 Å². The van der Waals surface area contributed by atoms with Crippen LogP contribution in [0, 0.1) is 0 Å². The predicted octanol–water partition coefficient (Wildman–Crippen LogP) is 0.238. The fourth-order valence-electron chi connectivity index (χ4n) is 2.68. The quantitative estimate of drug-likeness (QED) is 0.537. The SMILES string of the molecule is OCC1OC(Oc2ccc(-c3ccc(O)cc3)cc2)C(O)C(O)C1O. The van der Waals surface area contributed by atoms with Crippen molar-refractivity contribution in [3.05, 3.63) is 48.5 Å². The molecule has 1 heterocycles. The molecule has 3 rings (SSSR count). The van der Waals surface area contributed by atoms with Crippen molar-refractivity contribution < 1.29 is 35.0 Å². The second kappa shape index (κ2) is 7.38. The average Bonchev–Trinajstić information content (AvgIpc) is 2.63. The van der Waals surface area contributed by atoms with Crippen LogP contribution in [0.2, 0.25) is 0 Å². The molecule has 0 radical (unpaired) electrons. The maximum atomic E-state index is 9.98. The fourth-order valence-corrected chi connectivity index (χ4v) is 2.68. The van der Waals surface area contributed by atoms with Crippen LogP contribution in [0.3, 0.4) is 0 Å². The van der Waals surface area contributed by atoms with Crippen molar-refractivity contribution in [1.29, 1.82) is 0 Å². The number of aromatic hydroxyl groups is 1. The lowest BCUT2D eigenvalue weighted by molar-refractivity contribution is -0.277. The lowest BCUT2D eigenvalue weighted by Gasteiger charge is -2.39. The van der Waals surface area contributed by atoms with Crippen LogP contribution < -0.4 is 4.74 Å². The lowest BCUT2D eigenvalue weighted by Crippen LogP contribution is -2.60. The van der Waals surface area contributed by atoms with Gasteiger partial charge in [0.1, 0.15) is 35.9 Å². The Morgan fingerprint density at radius 1 is 0.800 bits per heavy atom. The standard InChI is InChI=1S/C18H20O7/c19-9-14-15(21)16(22)17(23)18(25-14)24-13-7-3-11(4-8-13)10-1-5-12(20)6-2-10/h1-8,14-23H,9H2. The Bertz CT molecular complexity index is 684. The number of hydrogen-bond donors (Lipinski definition) is 5. The summed E-state index contributed by atoms with van der Waals surface area (Å²) in [5.74, 6) is 0.582. The number of aliphatic hydroxyl groups is 4. The summed E-state index contributed by atoms with van der Waals surface area (Å²) in [6.45, 7) is -0.509. The van der Waals surface area contributed by atoms with E-state index in [1.165, 1.54) is 0 Å². The maximum Gasteiger partial charge on any atom is 0.229 e. The number of rotatable bonds is 4. The molecule has 7 nitrogen and oxygen atoms in total. The van der Waals surface area contributed by atoms with Gasteiger partial charge in [-0.25, -0.2) is 0 Å². The topological polar surface area (TPSA) is 120 Å². The van der Waals surface area contributed by atoms with Crippen molar-refractivity contribution in [3.63, 3.8) is 0 Å². The van der Waals surface area contributed by atoms with E-state index < -0.39 is 37.3 Å². The van der Waals surface area contributed by atoms with Crippen LogP contribution in [-0.2, 0) is 4.74 Å². The summed E-state index contributed by atoms with van der Waals surface area (Å²) >= 11 is 0. The number of hydrogen-bond acceptors (Lipinski definition) is 7. The van der Waals surface area contributed by atoms with E-state index in [1.807, 2.05) is 0 Å². The molecule has 0 saturated carbocycles. The number of phenols is 1. The molecule has 5 N–H and O–H groups in total. The van der Waals surface area contributed by atoms with Crippen LogP contribution in [0.15, 0.2) is 48.5 Å². The van der Waals surface area contributed by atoms with E-state index in [0.29, 0.717) is 5.75 Å². The Morgan fingerprint density at radius 3 is 1.92 bits per heavy atom. The third kappa shape index (κ3) is 3.76. The van der Waals surface area contributed by atoms with E-state index in [4.69, 9.17) is 9.47 Å². The van der Waals surface area contributed by atoms with Crippen LogP contribution >= 0.6 is 0 Å². The molecule has 5 atom stereocenters. The van der Waals surface area contributed by atoms with E-state index in [9.17, 15) is 25.5 Å². The van der Waals surface area contributed by atoms with Gasteiger partial charge in [0.05, 0.1) is 6.61 Å². The molecule has 0 bridgehead atoms. The summed E-state index contributed by atoms with van der Waals surface area (Å²) in [7, 11) is 0. The van der Waals surface area contributed by atoms with Crippen LogP contribution in [0.25, 0.3) is 11.1 Å². The van der Waals surface area contributed by atoms with E-state index in [1.54, 1.807) is 48.5 Å². The Kier molecular flexibility index (Phi) is 5.22. The van der Waals surface area contributed by atoms with Gasteiger partial charge < -0.3 is 35.0 Å². The minimum absolute atomic E-state index is 0.186. The summed E-state index contributed by atoms with van der Waals surface area (Å²) in [6.07, 6.45) is -6.58. The van der Waals surface area contributed by atoms with Gasteiger partial charge in [-0.3, -0.25) is 0 Å². The van der Waals surface area contributed by atoms with Crippen molar-refractivity contribution in [2.24, 2.45) is 0 Å². The first kappa shape index (κ1) is 17.7. The monoisotopic (exact) mass is 348 g/mol. The third-order valence-electron chi connectivity index (χ3n) is 4.16. The minimum atomic E-state index is -1.48. The number of ether oxygens (including phenoxy) is 2. The molecule has 0 aromatic heterocycles. The molecule has 0 aliphatic carbocycles. The number of benzene rings is 2. The van der Waals surface area contributed by atoms with Crippen molar-refractivity contribution >= 4 is 0 Å². The molecule has 2 aromatic rings. The van der Waals surface area contributed by atoms with E-state index >= 15 is 0 Å². The summed E-state index contributed by atoms with van der Waals surface area (Å²) in [5.41, 5.74) is 1.82. The van der Waals surface area contributed by atoms with Gasteiger partial charge in [0.15, 0.2) is 0 Å². The van der Waals surface area contributed by atoms with Crippen molar-refractivity contribution in [2.45, 2.75) is 30.7 Å². The lowest BCUT2D eigenvalue weighted by atomic mass is 9.99. The molecule has 7 heteroatoms. The van der Waals surface area contributed by atoms with Crippen LogP contribution in [-0.4, -0.2) is 62.8 Å². The average molecular weight is 348 g/mol. The van der Waals surface area contributed by atoms with Gasteiger partial charge in [-0.15, -0.1) is 0 Å². The molecule has 0 spiro atoms. The zero-order valence-electron chi connectivity index (χ0n) is 13.3. The maximum absolute atomic E-state index is 9.98. The Morgan fingerprint density at radius 2 is 1.36 bits per heavy atom. The highest BCUT2D eigenvalue weighted by molar-refractivity contribution is 5.64. The number of phenolic OH excluding ortho intramolecular Hbond substituents is 1. The van der Waals surface area contributed by atoms with Gasteiger partial charge in [0, 0.05) is 0 Å². The van der Waals surface area contributed by atoms with Crippen molar-refractivity contribution in [1.82, 2.24) is 0 Å². The zero-order chi connectivity index (χ0) is 18.0. The second-order valence-corrected chi connectivity index (χ2v) is 5.89. The van der Waals surface area contributed by atoms with Gasteiger partial charge in [0.25, 0.3) is 0 Å². The first-order valence-electron chi connectivity index (χ1n) is 7.86. The molecule has 0 amide bonds. The normalized spacial score (nSPS) is 29.4. The molecular formula is C18H20O7. The van der Waals surface area contributed by atoms with E-state index in [-0.39, 0.29) is 5.75 Å². The fraction of sp³-hybridized carbons (Fsp3) is 0.333. The number of aliphatic hydroxyl groups excluding tert-OH is 4. The van der Waals surface area contributed by atoms with E-state index in [0.717, 1.165) is 11.1 Å². The van der Waals surface area contributed by atoms with Crippen LogP contribution in [0.5, 0.6) is 11.5 Å². The largest absolute Gasteiger partial charge is 0.508 e. The summed E-state index contributed by atoms with van der Waals surface area (Å²) < 4.78 is 10.8. The second-order valence-electron chi connectivity index (χ2n) is 5.89. The Hall–Kier alpha value is -2.16. The molecule has 2 aromatic carbocycles. The molecule has 25 heavy (non-hydrogen) atoms. The Labute approximate surface area is 144 Å². The van der Waals surface area contributed by atoms with Crippen LogP contribution in [0.4, 0.5) is 0 Å². The third-order valence-corrected chi connectivity index (χ3v) is 4.16. The molecule has 1 aliphatic heterocycles. The van der Waals surface area contributed by atoms with Gasteiger partial charge in [-0.2, -0.15) is 0 Å². The summed E-state index contributed by atoms with van der Waals surface area (Å²) in [5, 5.41) is 48.0. The van der Waals surface area contributed by atoms with Gasteiger partial charge in [-0.05, 0) is 35.4 Å². The molecular weight excluding hydrogens is 328 g/mol. The minimum Gasteiger partial charge on any atom is -0.508 e. The van der Waals surface area contributed by atoms with Gasteiger partial charge >= 0.3 is 0 Å². The highest BCUT2D eigenvalue weighted by Crippen LogP contribution is 2.27. The van der Waals surface area contributed by atoms with Gasteiger partial charge in [-0.1, -0.05) is 24.3 Å². The molecule has 1 aliphatic rings. The zero-order valence-corrected chi connectivity index (χ0v) is 13.3. The van der Waals surface area contributed by atoms with Crippen molar-refractivity contribution in [2.75, 3.05) is 6.61 Å². The van der Waals surface area contributed by atoms with Crippen molar-refractivity contribution in [3.8, 4) is 22.6 Å².